The number of pyridine rings is 1. The van der Waals surface area contributed by atoms with Gasteiger partial charge in [0.05, 0.1) is 0 Å². The highest BCUT2D eigenvalue weighted by Gasteiger charge is 2.07. The molecule has 3 aromatic rings. The highest BCUT2D eigenvalue weighted by molar-refractivity contribution is 7.98. The summed E-state index contributed by atoms with van der Waals surface area (Å²) in [7, 11) is 0. The lowest BCUT2D eigenvalue weighted by Gasteiger charge is -2.06. The lowest BCUT2D eigenvalue weighted by molar-refractivity contribution is 1.00. The van der Waals surface area contributed by atoms with Crippen LogP contribution < -0.4 is 0 Å². The Morgan fingerprint density at radius 2 is 1.86 bits per heavy atom. The van der Waals surface area contributed by atoms with Gasteiger partial charge in [0, 0.05) is 22.7 Å². The minimum Gasteiger partial charge on any atom is -0.253 e. The van der Waals surface area contributed by atoms with Gasteiger partial charge >= 0.3 is 0 Å². The molecule has 110 valence electrons. The monoisotopic (exact) mass is 327 g/mol. The van der Waals surface area contributed by atoms with Crippen LogP contribution >= 0.6 is 23.4 Å². The molecule has 0 bridgehead atoms. The Balaban J connectivity index is 1.83. The van der Waals surface area contributed by atoms with E-state index in [1.807, 2.05) is 55.5 Å². The molecule has 3 nitrogen and oxygen atoms in total. The first-order chi connectivity index (χ1) is 10.7. The van der Waals surface area contributed by atoms with Gasteiger partial charge in [0.25, 0.3) is 0 Å². The molecule has 0 aliphatic rings. The number of nitrogens with zero attached hydrogens (tertiary/aromatic N) is 3. The highest BCUT2D eigenvalue weighted by atomic mass is 35.5. The predicted octanol–water partition coefficient (Wildman–Crippen LogP) is 4.79. The van der Waals surface area contributed by atoms with E-state index < -0.39 is 0 Å². The molecule has 2 heterocycles. The summed E-state index contributed by atoms with van der Waals surface area (Å²) in [5.74, 6) is 1.43. The number of aryl methyl sites for hydroxylation is 1. The van der Waals surface area contributed by atoms with Crippen LogP contribution in [-0.2, 0) is 5.75 Å². The van der Waals surface area contributed by atoms with Gasteiger partial charge in [-0.2, -0.15) is 0 Å². The molecule has 0 spiro atoms. The van der Waals surface area contributed by atoms with Gasteiger partial charge in [-0.1, -0.05) is 35.9 Å². The number of benzene rings is 1. The Labute approximate surface area is 138 Å². The summed E-state index contributed by atoms with van der Waals surface area (Å²) >= 11 is 7.84. The van der Waals surface area contributed by atoms with Gasteiger partial charge in [-0.25, -0.2) is 9.97 Å². The van der Waals surface area contributed by atoms with Gasteiger partial charge < -0.3 is 0 Å². The molecule has 0 radical (unpaired) electrons. The minimum absolute atomic E-state index is 0.655. The molecule has 22 heavy (non-hydrogen) atoms. The van der Waals surface area contributed by atoms with E-state index in [9.17, 15) is 0 Å². The minimum atomic E-state index is 0.655. The second-order valence-corrected chi connectivity index (χ2v) is 6.17. The predicted molar refractivity (Wildman–Crippen MR) is 91.0 cm³/mol. The van der Waals surface area contributed by atoms with E-state index in [1.54, 1.807) is 18.0 Å². The molecular weight excluding hydrogens is 314 g/mol. The van der Waals surface area contributed by atoms with Gasteiger partial charge in [-0.05, 0) is 36.8 Å². The molecule has 0 atom stereocenters. The molecule has 0 saturated carbocycles. The Morgan fingerprint density at radius 3 is 2.64 bits per heavy atom. The van der Waals surface area contributed by atoms with Crippen molar-refractivity contribution < 1.29 is 0 Å². The van der Waals surface area contributed by atoms with E-state index in [4.69, 9.17) is 11.6 Å². The van der Waals surface area contributed by atoms with Crippen molar-refractivity contribution >= 4 is 23.4 Å². The molecule has 0 aliphatic carbocycles. The summed E-state index contributed by atoms with van der Waals surface area (Å²) in [6.07, 6.45) is 1.75. The average molecular weight is 328 g/mol. The summed E-state index contributed by atoms with van der Waals surface area (Å²) in [5, 5.41) is 1.71. The molecular formula is C17H14ClN3S. The normalized spacial score (nSPS) is 10.6. The molecule has 0 unspecified atom stereocenters. The van der Waals surface area contributed by atoms with Crippen molar-refractivity contribution in [2.45, 2.75) is 17.7 Å². The Morgan fingerprint density at radius 1 is 1.05 bits per heavy atom. The standard InChI is InChI=1S/C17H14ClN3S/c1-12-10-16(22-11-13-6-2-3-7-14(13)18)21-17(20-12)15-8-4-5-9-19-15/h2-10H,11H2,1H3. The molecule has 0 N–H and O–H groups in total. The second-order valence-electron chi connectivity index (χ2n) is 4.77. The van der Waals surface area contributed by atoms with Gasteiger partial charge in [0.1, 0.15) is 10.7 Å². The van der Waals surface area contributed by atoms with Crippen molar-refractivity contribution in [2.24, 2.45) is 0 Å². The van der Waals surface area contributed by atoms with E-state index in [0.717, 1.165) is 32.8 Å². The fourth-order valence-corrected chi connectivity index (χ4v) is 3.23. The van der Waals surface area contributed by atoms with Crippen LogP contribution in [0.2, 0.25) is 5.02 Å². The molecule has 0 fully saturated rings. The smallest absolute Gasteiger partial charge is 0.179 e. The number of halogens is 1. The van der Waals surface area contributed by atoms with E-state index >= 15 is 0 Å². The zero-order valence-corrected chi connectivity index (χ0v) is 13.6. The van der Waals surface area contributed by atoms with Gasteiger partial charge in [-0.15, -0.1) is 11.8 Å². The lowest BCUT2D eigenvalue weighted by atomic mass is 10.2. The topological polar surface area (TPSA) is 38.7 Å². The largest absolute Gasteiger partial charge is 0.253 e. The SMILES string of the molecule is Cc1cc(SCc2ccccc2Cl)nc(-c2ccccn2)n1. The van der Waals surface area contributed by atoms with Crippen LogP contribution in [0.1, 0.15) is 11.3 Å². The third-order valence-corrected chi connectivity index (χ3v) is 4.39. The van der Waals surface area contributed by atoms with Gasteiger partial charge in [0.2, 0.25) is 0 Å². The molecule has 0 saturated heterocycles. The maximum atomic E-state index is 6.19. The quantitative estimate of drug-likeness (QED) is 0.510. The van der Waals surface area contributed by atoms with E-state index in [-0.39, 0.29) is 0 Å². The molecule has 0 amide bonds. The van der Waals surface area contributed by atoms with Gasteiger partial charge in [-0.3, -0.25) is 4.98 Å². The summed E-state index contributed by atoms with van der Waals surface area (Å²) < 4.78 is 0. The second kappa shape index (κ2) is 6.90. The highest BCUT2D eigenvalue weighted by Crippen LogP contribution is 2.26. The van der Waals surface area contributed by atoms with Crippen molar-refractivity contribution in [1.29, 1.82) is 0 Å². The summed E-state index contributed by atoms with van der Waals surface area (Å²) in [4.78, 5) is 13.4. The third kappa shape index (κ3) is 3.64. The fourth-order valence-electron chi connectivity index (χ4n) is 1.99. The summed E-state index contributed by atoms with van der Waals surface area (Å²) in [6, 6.07) is 15.6. The number of thioether (sulfide) groups is 1. The lowest BCUT2D eigenvalue weighted by Crippen LogP contribution is -1.96. The first kappa shape index (κ1) is 15.0. The zero-order valence-electron chi connectivity index (χ0n) is 12.0. The molecule has 1 aromatic carbocycles. The van der Waals surface area contributed by atoms with Crippen molar-refractivity contribution in [3.8, 4) is 11.5 Å². The number of hydrogen-bond donors (Lipinski definition) is 0. The molecule has 3 rings (SSSR count). The maximum absolute atomic E-state index is 6.19. The third-order valence-electron chi connectivity index (χ3n) is 3.06. The van der Waals surface area contributed by atoms with Crippen LogP contribution in [0, 0.1) is 6.92 Å². The molecule has 0 aliphatic heterocycles. The number of hydrogen-bond acceptors (Lipinski definition) is 4. The van der Waals surface area contributed by atoms with E-state index in [0.29, 0.717) is 5.82 Å². The molecule has 5 heteroatoms. The summed E-state index contributed by atoms with van der Waals surface area (Å²) in [5.41, 5.74) is 2.81. The Bertz CT molecular complexity index is 778. The van der Waals surface area contributed by atoms with Crippen LogP contribution in [0.3, 0.4) is 0 Å². The van der Waals surface area contributed by atoms with Crippen molar-refractivity contribution in [2.75, 3.05) is 0 Å². The van der Waals surface area contributed by atoms with Crippen LogP contribution in [0.15, 0.2) is 59.8 Å². The first-order valence-corrected chi connectivity index (χ1v) is 8.22. The van der Waals surface area contributed by atoms with Crippen LogP contribution in [-0.4, -0.2) is 15.0 Å². The van der Waals surface area contributed by atoms with E-state index in [2.05, 4.69) is 15.0 Å². The Hall–Kier alpha value is -1.91. The average Bonchev–Trinajstić information content (AvgIpc) is 2.54. The van der Waals surface area contributed by atoms with Gasteiger partial charge in [0.15, 0.2) is 5.82 Å². The van der Waals surface area contributed by atoms with Crippen LogP contribution in [0.25, 0.3) is 11.5 Å². The van der Waals surface area contributed by atoms with Crippen molar-refractivity contribution in [3.63, 3.8) is 0 Å². The van der Waals surface area contributed by atoms with Crippen LogP contribution in [0.4, 0.5) is 0 Å². The van der Waals surface area contributed by atoms with Crippen molar-refractivity contribution in [3.05, 3.63) is 71.0 Å². The summed E-state index contributed by atoms with van der Waals surface area (Å²) in [6.45, 7) is 1.97. The van der Waals surface area contributed by atoms with Crippen LogP contribution in [0.5, 0.6) is 0 Å². The molecule has 2 aromatic heterocycles. The number of aromatic nitrogens is 3. The Kier molecular flexibility index (Phi) is 4.71. The first-order valence-electron chi connectivity index (χ1n) is 6.85. The number of rotatable bonds is 4. The fraction of sp³-hybridized carbons (Fsp3) is 0.118. The van der Waals surface area contributed by atoms with E-state index in [1.165, 1.54) is 0 Å². The zero-order chi connectivity index (χ0) is 15.4. The maximum Gasteiger partial charge on any atom is 0.179 e. The van der Waals surface area contributed by atoms with Crippen molar-refractivity contribution in [1.82, 2.24) is 15.0 Å².